The summed E-state index contributed by atoms with van der Waals surface area (Å²) < 4.78 is 0. The lowest BCUT2D eigenvalue weighted by Crippen LogP contribution is -2.40. The van der Waals surface area contributed by atoms with Gasteiger partial charge < -0.3 is 10.4 Å². The minimum absolute atomic E-state index is 0.00234. The van der Waals surface area contributed by atoms with Crippen molar-refractivity contribution in [2.24, 2.45) is 0 Å². The van der Waals surface area contributed by atoms with Crippen molar-refractivity contribution in [2.75, 3.05) is 0 Å². The zero-order valence-electron chi connectivity index (χ0n) is 9.70. The molecule has 1 unspecified atom stereocenters. The van der Waals surface area contributed by atoms with Crippen molar-refractivity contribution >= 4 is 17.6 Å². The lowest BCUT2D eigenvalue weighted by atomic mass is 10.1. The molecule has 0 fully saturated rings. The van der Waals surface area contributed by atoms with Crippen LogP contribution in [0, 0.1) is 22.5 Å². The molecule has 0 spiro atoms. The molecule has 0 aliphatic heterocycles. The molecule has 1 atom stereocenters. The smallest absolute Gasteiger partial charge is 0.327 e. The lowest BCUT2D eigenvalue weighted by molar-refractivity contribution is -0.384. The molecule has 0 bridgehead atoms. The highest BCUT2D eigenvalue weighted by Crippen LogP contribution is 2.13. The molecule has 0 radical (unpaired) electrons. The fraction of sp³-hybridized carbons (Fsp3) is 0.167. The summed E-state index contributed by atoms with van der Waals surface area (Å²) in [5, 5.41) is 21.6. The van der Waals surface area contributed by atoms with Gasteiger partial charge in [0.1, 0.15) is 6.04 Å². The molecular formula is C12H10N2O5. The first kappa shape index (κ1) is 14.2. The van der Waals surface area contributed by atoms with E-state index >= 15 is 0 Å². The van der Waals surface area contributed by atoms with Crippen LogP contribution in [0.2, 0.25) is 0 Å². The molecule has 7 heteroatoms. The van der Waals surface area contributed by atoms with E-state index in [2.05, 4.69) is 11.2 Å². The summed E-state index contributed by atoms with van der Waals surface area (Å²) in [6.45, 7) is 0. The van der Waals surface area contributed by atoms with Gasteiger partial charge in [-0.05, 0) is 6.07 Å². The van der Waals surface area contributed by atoms with Gasteiger partial charge in [-0.2, -0.15) is 0 Å². The van der Waals surface area contributed by atoms with E-state index in [-0.39, 0.29) is 17.7 Å². The van der Waals surface area contributed by atoms with Gasteiger partial charge in [0.25, 0.3) is 11.6 Å². The molecule has 2 N–H and O–H groups in total. The molecule has 1 aromatic rings. The molecule has 7 nitrogen and oxygen atoms in total. The third-order valence-corrected chi connectivity index (χ3v) is 2.24. The number of nitro groups is 1. The number of hydrogen-bond donors (Lipinski definition) is 2. The van der Waals surface area contributed by atoms with Crippen molar-refractivity contribution in [3.63, 3.8) is 0 Å². The van der Waals surface area contributed by atoms with Gasteiger partial charge in [-0.3, -0.25) is 14.9 Å². The Hall–Kier alpha value is -2.88. The molecule has 0 saturated carbocycles. The molecule has 0 saturated heterocycles. The molecule has 98 valence electrons. The molecule has 0 aliphatic carbocycles. The standard InChI is InChI=1S/C12H10N2O5/c1-2-4-10(12(16)17)13-11(15)8-5-3-6-9(7-8)14(18)19/h1,3,5-7,10H,4H2,(H,13,15)(H,16,17). The number of rotatable bonds is 5. The second kappa shape index (κ2) is 6.16. The molecule has 0 aromatic heterocycles. The summed E-state index contributed by atoms with van der Waals surface area (Å²) in [6, 6.07) is 3.75. The van der Waals surface area contributed by atoms with Gasteiger partial charge in [0.05, 0.1) is 4.92 Å². The highest BCUT2D eigenvalue weighted by Gasteiger charge is 2.20. The number of non-ortho nitro benzene ring substituents is 1. The summed E-state index contributed by atoms with van der Waals surface area (Å²) in [7, 11) is 0. The number of nitrogens with zero attached hydrogens (tertiary/aromatic N) is 1. The molecule has 0 heterocycles. The van der Waals surface area contributed by atoms with E-state index in [1.54, 1.807) is 0 Å². The molecule has 0 aliphatic rings. The Morgan fingerprint density at radius 3 is 2.74 bits per heavy atom. The Labute approximate surface area is 108 Å². The Bertz CT molecular complexity index is 561. The van der Waals surface area contributed by atoms with E-state index in [0.717, 1.165) is 6.07 Å². The third kappa shape index (κ3) is 3.81. The third-order valence-electron chi connectivity index (χ3n) is 2.24. The maximum atomic E-state index is 11.7. The Morgan fingerprint density at radius 1 is 1.53 bits per heavy atom. The van der Waals surface area contributed by atoms with Gasteiger partial charge in [-0.25, -0.2) is 4.79 Å². The lowest BCUT2D eigenvalue weighted by Gasteiger charge is -2.11. The van der Waals surface area contributed by atoms with E-state index < -0.39 is 22.8 Å². The summed E-state index contributed by atoms with van der Waals surface area (Å²) in [6.07, 6.45) is 4.82. The number of hydrogen-bond acceptors (Lipinski definition) is 4. The van der Waals surface area contributed by atoms with E-state index in [4.69, 9.17) is 11.5 Å². The van der Waals surface area contributed by atoms with E-state index in [1.807, 2.05) is 0 Å². The second-order valence-corrected chi connectivity index (χ2v) is 3.58. The van der Waals surface area contributed by atoms with Crippen molar-refractivity contribution in [3.8, 4) is 12.3 Å². The Balaban J connectivity index is 2.89. The van der Waals surface area contributed by atoms with Crippen LogP contribution in [0.4, 0.5) is 5.69 Å². The van der Waals surface area contributed by atoms with Crippen molar-refractivity contribution in [2.45, 2.75) is 12.5 Å². The fourth-order valence-corrected chi connectivity index (χ4v) is 1.32. The number of nitro benzene ring substituents is 1. The number of aliphatic carboxylic acids is 1. The number of carboxylic acid groups (broad SMARTS) is 1. The first-order valence-electron chi connectivity index (χ1n) is 5.17. The first-order chi connectivity index (χ1) is 8.95. The molecule has 1 rings (SSSR count). The predicted molar refractivity (Wildman–Crippen MR) is 65.4 cm³/mol. The summed E-state index contributed by atoms with van der Waals surface area (Å²) in [5.74, 6) is 0.135. The van der Waals surface area contributed by atoms with Crippen LogP contribution in [0.1, 0.15) is 16.8 Å². The van der Waals surface area contributed by atoms with Gasteiger partial charge in [0.15, 0.2) is 0 Å². The van der Waals surface area contributed by atoms with Gasteiger partial charge >= 0.3 is 5.97 Å². The van der Waals surface area contributed by atoms with Crippen molar-refractivity contribution < 1.29 is 19.6 Å². The van der Waals surface area contributed by atoms with Gasteiger partial charge in [0, 0.05) is 24.1 Å². The van der Waals surface area contributed by atoms with Crippen LogP contribution >= 0.6 is 0 Å². The second-order valence-electron chi connectivity index (χ2n) is 3.58. The highest BCUT2D eigenvalue weighted by atomic mass is 16.6. The van der Waals surface area contributed by atoms with Crippen LogP contribution < -0.4 is 5.32 Å². The van der Waals surface area contributed by atoms with Crippen LogP contribution in [-0.4, -0.2) is 27.9 Å². The summed E-state index contributed by atoms with van der Waals surface area (Å²) >= 11 is 0. The minimum atomic E-state index is -1.27. The number of carbonyl (C=O) groups excluding carboxylic acids is 1. The number of carbonyl (C=O) groups is 2. The predicted octanol–water partition coefficient (Wildman–Crippen LogP) is 0.801. The topological polar surface area (TPSA) is 110 Å². The normalized spacial score (nSPS) is 11.1. The summed E-state index contributed by atoms with van der Waals surface area (Å²) in [5.41, 5.74) is -0.256. The summed E-state index contributed by atoms with van der Waals surface area (Å²) in [4.78, 5) is 32.5. The van der Waals surface area contributed by atoms with Crippen LogP contribution in [0.3, 0.4) is 0 Å². The van der Waals surface area contributed by atoms with Crippen LogP contribution in [0.25, 0.3) is 0 Å². The monoisotopic (exact) mass is 262 g/mol. The molecule has 1 amide bonds. The average molecular weight is 262 g/mol. The Kier molecular flexibility index (Phi) is 4.60. The van der Waals surface area contributed by atoms with Crippen molar-refractivity contribution in [1.82, 2.24) is 5.32 Å². The van der Waals surface area contributed by atoms with Gasteiger partial charge in [0.2, 0.25) is 0 Å². The largest absolute Gasteiger partial charge is 0.480 e. The van der Waals surface area contributed by atoms with Gasteiger partial charge in [-0.15, -0.1) is 12.3 Å². The van der Waals surface area contributed by atoms with Crippen LogP contribution in [0.5, 0.6) is 0 Å². The maximum absolute atomic E-state index is 11.7. The quantitative estimate of drug-likeness (QED) is 0.463. The van der Waals surface area contributed by atoms with E-state index in [0.29, 0.717) is 0 Å². The van der Waals surface area contributed by atoms with Crippen molar-refractivity contribution in [1.29, 1.82) is 0 Å². The first-order valence-corrected chi connectivity index (χ1v) is 5.17. The number of nitrogens with one attached hydrogen (secondary N) is 1. The number of terminal acetylenes is 1. The SMILES string of the molecule is C#CCC(NC(=O)c1cccc([N+](=O)[O-])c1)C(=O)O. The average Bonchev–Trinajstić information content (AvgIpc) is 2.38. The Morgan fingerprint density at radius 2 is 2.21 bits per heavy atom. The number of amides is 1. The number of carboxylic acids is 1. The van der Waals surface area contributed by atoms with Crippen molar-refractivity contribution in [3.05, 3.63) is 39.9 Å². The van der Waals surface area contributed by atoms with Crippen LogP contribution in [-0.2, 0) is 4.79 Å². The maximum Gasteiger partial charge on any atom is 0.327 e. The molecule has 19 heavy (non-hydrogen) atoms. The van der Waals surface area contributed by atoms with Crippen LogP contribution in [0.15, 0.2) is 24.3 Å². The zero-order valence-corrected chi connectivity index (χ0v) is 9.70. The number of benzene rings is 1. The zero-order chi connectivity index (χ0) is 14.4. The van der Waals surface area contributed by atoms with E-state index in [1.165, 1.54) is 18.2 Å². The molecular weight excluding hydrogens is 252 g/mol. The van der Waals surface area contributed by atoms with E-state index in [9.17, 15) is 19.7 Å². The molecule has 1 aromatic carbocycles. The highest BCUT2D eigenvalue weighted by molar-refractivity contribution is 5.97. The van der Waals surface area contributed by atoms with Gasteiger partial charge in [-0.1, -0.05) is 6.07 Å². The minimum Gasteiger partial charge on any atom is -0.480 e. The fourth-order valence-electron chi connectivity index (χ4n) is 1.32.